The van der Waals surface area contributed by atoms with Crippen molar-refractivity contribution in [2.24, 2.45) is 5.92 Å². The van der Waals surface area contributed by atoms with E-state index in [0.717, 1.165) is 0 Å². The Morgan fingerprint density at radius 2 is 1.73 bits per heavy atom. The third-order valence-electron chi connectivity index (χ3n) is 5.54. The van der Waals surface area contributed by atoms with Crippen LogP contribution in [0.15, 0.2) is 53.4 Å². The van der Waals surface area contributed by atoms with Gasteiger partial charge in [0.05, 0.1) is 24.8 Å². The lowest BCUT2D eigenvalue weighted by Crippen LogP contribution is -2.43. The average molecular weight is 476 g/mol. The van der Waals surface area contributed by atoms with Gasteiger partial charge in [0.1, 0.15) is 11.5 Å². The number of amides is 2. The van der Waals surface area contributed by atoms with Gasteiger partial charge in [0.15, 0.2) is 0 Å². The average Bonchev–Trinajstić information content (AvgIpc) is 2.84. The molecule has 0 spiro atoms. The second-order valence-electron chi connectivity index (χ2n) is 7.65. The Hall–Kier alpha value is -3.11. The lowest BCUT2D eigenvalue weighted by atomic mass is 9.97. The molecule has 0 radical (unpaired) electrons. The molecular weight excluding hydrogens is 446 g/mol. The normalized spacial score (nSPS) is 15.0. The number of hydrogen-bond donors (Lipinski definition) is 2. The Kier molecular flexibility index (Phi) is 8.29. The molecule has 33 heavy (non-hydrogen) atoms. The molecule has 0 bridgehead atoms. The SMILES string of the molecule is COc1ccc(OC)c(NC(=O)CCNC(=O)C2CCN(S(=O)(=O)c3ccccc3)CC2)c1. The molecule has 0 aromatic heterocycles. The van der Waals surface area contributed by atoms with Crippen molar-refractivity contribution < 1.29 is 27.5 Å². The summed E-state index contributed by atoms with van der Waals surface area (Å²) in [6, 6.07) is 13.4. The summed E-state index contributed by atoms with van der Waals surface area (Å²) >= 11 is 0. The molecule has 1 heterocycles. The highest BCUT2D eigenvalue weighted by Gasteiger charge is 2.31. The fourth-order valence-electron chi connectivity index (χ4n) is 3.67. The van der Waals surface area contributed by atoms with Gasteiger partial charge in [-0.05, 0) is 37.1 Å². The van der Waals surface area contributed by atoms with E-state index in [4.69, 9.17) is 9.47 Å². The molecule has 3 rings (SSSR count). The molecule has 1 saturated heterocycles. The molecule has 1 aliphatic heterocycles. The number of methoxy groups -OCH3 is 2. The van der Waals surface area contributed by atoms with Crippen molar-refractivity contribution in [2.75, 3.05) is 39.2 Å². The topological polar surface area (TPSA) is 114 Å². The van der Waals surface area contributed by atoms with Crippen LogP contribution in [0, 0.1) is 5.92 Å². The van der Waals surface area contributed by atoms with Crippen LogP contribution in [0.1, 0.15) is 19.3 Å². The van der Waals surface area contributed by atoms with Crippen molar-refractivity contribution in [1.82, 2.24) is 9.62 Å². The van der Waals surface area contributed by atoms with Crippen LogP contribution in [-0.4, -0.2) is 58.4 Å². The molecule has 1 aliphatic rings. The lowest BCUT2D eigenvalue weighted by molar-refractivity contribution is -0.126. The summed E-state index contributed by atoms with van der Waals surface area (Å²) in [4.78, 5) is 25.1. The fourth-order valence-corrected chi connectivity index (χ4v) is 5.16. The van der Waals surface area contributed by atoms with E-state index in [1.807, 2.05) is 0 Å². The van der Waals surface area contributed by atoms with E-state index in [1.54, 1.807) is 48.5 Å². The van der Waals surface area contributed by atoms with E-state index in [2.05, 4.69) is 10.6 Å². The van der Waals surface area contributed by atoms with E-state index < -0.39 is 10.0 Å². The van der Waals surface area contributed by atoms with E-state index in [0.29, 0.717) is 30.0 Å². The number of nitrogens with one attached hydrogen (secondary N) is 2. The number of hydrogen-bond acceptors (Lipinski definition) is 6. The van der Waals surface area contributed by atoms with Crippen LogP contribution in [0.2, 0.25) is 0 Å². The van der Waals surface area contributed by atoms with Crippen LogP contribution in [0.4, 0.5) is 5.69 Å². The van der Waals surface area contributed by atoms with Crippen molar-refractivity contribution in [2.45, 2.75) is 24.2 Å². The van der Waals surface area contributed by atoms with Gasteiger partial charge in [0.25, 0.3) is 0 Å². The number of anilines is 1. The Labute approximate surface area is 194 Å². The van der Waals surface area contributed by atoms with Crippen LogP contribution >= 0.6 is 0 Å². The van der Waals surface area contributed by atoms with Gasteiger partial charge in [-0.2, -0.15) is 4.31 Å². The molecule has 2 aromatic rings. The van der Waals surface area contributed by atoms with Crippen molar-refractivity contribution in [1.29, 1.82) is 0 Å². The van der Waals surface area contributed by atoms with Crippen LogP contribution in [0.3, 0.4) is 0 Å². The van der Waals surface area contributed by atoms with Crippen molar-refractivity contribution in [3.05, 3.63) is 48.5 Å². The summed E-state index contributed by atoms with van der Waals surface area (Å²) in [6.45, 7) is 0.746. The van der Waals surface area contributed by atoms with Crippen molar-refractivity contribution in [3.8, 4) is 11.5 Å². The maximum atomic E-state index is 12.7. The number of rotatable bonds is 9. The standard InChI is InChI=1S/C23H29N3O6S/c1-31-18-8-9-21(32-2)20(16-18)25-22(27)10-13-24-23(28)17-11-14-26(15-12-17)33(29,30)19-6-4-3-5-7-19/h3-9,16-17H,10-15H2,1-2H3,(H,24,28)(H,25,27). The highest BCUT2D eigenvalue weighted by Crippen LogP contribution is 2.29. The van der Waals surface area contributed by atoms with Crippen molar-refractivity contribution in [3.63, 3.8) is 0 Å². The summed E-state index contributed by atoms with van der Waals surface area (Å²) in [5.74, 6) is 0.364. The van der Waals surface area contributed by atoms with Crippen molar-refractivity contribution >= 4 is 27.5 Å². The van der Waals surface area contributed by atoms with Gasteiger partial charge in [-0.15, -0.1) is 0 Å². The first-order chi connectivity index (χ1) is 15.8. The van der Waals surface area contributed by atoms with Gasteiger partial charge >= 0.3 is 0 Å². The van der Waals surface area contributed by atoms with E-state index in [-0.39, 0.29) is 48.7 Å². The predicted octanol–water partition coefficient (Wildman–Crippen LogP) is 2.25. The summed E-state index contributed by atoms with van der Waals surface area (Å²) in [5.41, 5.74) is 0.486. The zero-order chi connectivity index (χ0) is 23.8. The van der Waals surface area contributed by atoms with E-state index >= 15 is 0 Å². The zero-order valence-electron chi connectivity index (χ0n) is 18.7. The molecule has 9 nitrogen and oxygen atoms in total. The molecule has 178 valence electrons. The minimum atomic E-state index is -3.55. The number of carbonyl (C=O) groups excluding carboxylic acids is 2. The first-order valence-corrected chi connectivity index (χ1v) is 12.1. The number of benzene rings is 2. The predicted molar refractivity (Wildman–Crippen MR) is 124 cm³/mol. The lowest BCUT2D eigenvalue weighted by Gasteiger charge is -2.30. The molecular formula is C23H29N3O6S. The summed E-state index contributed by atoms with van der Waals surface area (Å²) in [6.07, 6.45) is 0.962. The molecule has 0 unspecified atom stereocenters. The second-order valence-corrected chi connectivity index (χ2v) is 9.58. The number of ether oxygens (including phenoxy) is 2. The van der Waals surface area contributed by atoms with Gasteiger partial charge in [-0.25, -0.2) is 8.42 Å². The summed E-state index contributed by atoms with van der Waals surface area (Å²) < 4.78 is 37.2. The van der Waals surface area contributed by atoms with Gasteiger partial charge in [0, 0.05) is 38.0 Å². The Morgan fingerprint density at radius 1 is 1.03 bits per heavy atom. The van der Waals surface area contributed by atoms with Crippen LogP contribution in [-0.2, 0) is 19.6 Å². The molecule has 0 aliphatic carbocycles. The number of carbonyl (C=O) groups is 2. The first kappa shape index (κ1) is 24.5. The van der Waals surface area contributed by atoms with Crippen LogP contribution in [0.5, 0.6) is 11.5 Å². The monoisotopic (exact) mass is 475 g/mol. The molecule has 0 atom stereocenters. The highest BCUT2D eigenvalue weighted by molar-refractivity contribution is 7.89. The van der Waals surface area contributed by atoms with E-state index in [9.17, 15) is 18.0 Å². The first-order valence-electron chi connectivity index (χ1n) is 10.7. The van der Waals surface area contributed by atoms with Crippen LogP contribution < -0.4 is 20.1 Å². The summed E-state index contributed by atoms with van der Waals surface area (Å²) in [7, 11) is -0.510. The van der Waals surface area contributed by atoms with Gasteiger partial charge in [-0.1, -0.05) is 18.2 Å². The molecule has 2 aromatic carbocycles. The minimum absolute atomic E-state index is 0.0906. The fraction of sp³-hybridized carbons (Fsp3) is 0.391. The quantitative estimate of drug-likeness (QED) is 0.575. The van der Waals surface area contributed by atoms with Gasteiger partial charge in [0.2, 0.25) is 21.8 Å². The Morgan fingerprint density at radius 3 is 2.36 bits per heavy atom. The molecule has 0 saturated carbocycles. The summed E-state index contributed by atoms with van der Waals surface area (Å²) in [5, 5.41) is 5.54. The maximum Gasteiger partial charge on any atom is 0.243 e. The molecule has 1 fully saturated rings. The smallest absolute Gasteiger partial charge is 0.243 e. The zero-order valence-corrected chi connectivity index (χ0v) is 19.6. The Bertz CT molecular complexity index is 1070. The minimum Gasteiger partial charge on any atom is -0.497 e. The number of sulfonamides is 1. The Balaban J connectivity index is 1.44. The second kappa shape index (κ2) is 11.2. The highest BCUT2D eigenvalue weighted by atomic mass is 32.2. The van der Waals surface area contributed by atoms with Crippen LogP contribution in [0.25, 0.3) is 0 Å². The number of piperidine rings is 1. The third-order valence-corrected chi connectivity index (χ3v) is 7.45. The molecule has 2 amide bonds. The number of nitrogens with zero attached hydrogens (tertiary/aromatic N) is 1. The molecule has 10 heteroatoms. The van der Waals surface area contributed by atoms with Gasteiger partial charge < -0.3 is 20.1 Å². The third kappa shape index (κ3) is 6.23. The maximum absolute atomic E-state index is 12.7. The largest absolute Gasteiger partial charge is 0.497 e. The van der Waals surface area contributed by atoms with Gasteiger partial charge in [-0.3, -0.25) is 9.59 Å². The molecule has 2 N–H and O–H groups in total. The van der Waals surface area contributed by atoms with E-state index in [1.165, 1.54) is 18.5 Å².